The first kappa shape index (κ1) is 7.97. The highest BCUT2D eigenvalue weighted by Crippen LogP contribution is 2.48. The molecule has 3 rings (SSSR count). The first-order valence-corrected chi connectivity index (χ1v) is 5.07. The SMILES string of the molecule is CNc1cccc2c1OC1(CC1)CN2. The molecule has 1 fully saturated rings. The zero-order valence-electron chi connectivity index (χ0n) is 8.26. The first-order chi connectivity index (χ1) is 6.83. The number of hydrogen-bond acceptors (Lipinski definition) is 3. The van der Waals surface area contributed by atoms with Crippen LogP contribution in [0.3, 0.4) is 0 Å². The summed E-state index contributed by atoms with van der Waals surface area (Å²) in [5, 5.41) is 6.58. The van der Waals surface area contributed by atoms with Crippen LogP contribution in [0.2, 0.25) is 0 Å². The summed E-state index contributed by atoms with van der Waals surface area (Å²) >= 11 is 0. The zero-order valence-corrected chi connectivity index (χ0v) is 8.26. The Hall–Kier alpha value is -1.38. The Balaban J connectivity index is 2.04. The number of anilines is 2. The topological polar surface area (TPSA) is 33.3 Å². The number of rotatable bonds is 1. The molecule has 1 heterocycles. The summed E-state index contributed by atoms with van der Waals surface area (Å²) in [6.45, 7) is 0.952. The van der Waals surface area contributed by atoms with Gasteiger partial charge in [0, 0.05) is 7.05 Å². The van der Waals surface area contributed by atoms with Gasteiger partial charge in [-0.25, -0.2) is 0 Å². The summed E-state index contributed by atoms with van der Waals surface area (Å²) in [6, 6.07) is 6.14. The van der Waals surface area contributed by atoms with Crippen LogP contribution >= 0.6 is 0 Å². The minimum absolute atomic E-state index is 0.111. The molecule has 1 saturated carbocycles. The number of nitrogens with one attached hydrogen (secondary N) is 2. The van der Waals surface area contributed by atoms with Gasteiger partial charge >= 0.3 is 0 Å². The van der Waals surface area contributed by atoms with E-state index < -0.39 is 0 Å². The van der Waals surface area contributed by atoms with Gasteiger partial charge in [0.05, 0.1) is 17.9 Å². The molecule has 1 aliphatic heterocycles. The second kappa shape index (κ2) is 2.56. The summed E-state index contributed by atoms with van der Waals surface area (Å²) in [7, 11) is 1.92. The van der Waals surface area contributed by atoms with Crippen molar-refractivity contribution >= 4 is 11.4 Å². The molecule has 0 bridgehead atoms. The predicted molar refractivity (Wildman–Crippen MR) is 57.1 cm³/mol. The third kappa shape index (κ3) is 1.05. The standard InChI is InChI=1S/C11H14N2O/c1-12-8-3-2-4-9-10(8)14-11(5-6-11)7-13-9/h2-4,12-13H,5-7H2,1H3. The lowest BCUT2D eigenvalue weighted by atomic mass is 10.2. The highest BCUT2D eigenvalue weighted by molar-refractivity contribution is 5.72. The van der Waals surface area contributed by atoms with Crippen LogP contribution in [-0.4, -0.2) is 19.2 Å². The summed E-state index contributed by atoms with van der Waals surface area (Å²) in [5.74, 6) is 0.985. The third-order valence-electron chi connectivity index (χ3n) is 3.01. The van der Waals surface area contributed by atoms with Gasteiger partial charge < -0.3 is 15.4 Å². The maximum atomic E-state index is 6.03. The number of para-hydroxylation sites is 1. The maximum absolute atomic E-state index is 6.03. The molecule has 3 heteroatoms. The van der Waals surface area contributed by atoms with Crippen LogP contribution in [0.4, 0.5) is 11.4 Å². The molecule has 1 aromatic carbocycles. The van der Waals surface area contributed by atoms with E-state index in [9.17, 15) is 0 Å². The zero-order chi connectivity index (χ0) is 9.60. The lowest BCUT2D eigenvalue weighted by Crippen LogP contribution is -2.32. The van der Waals surface area contributed by atoms with E-state index in [0.29, 0.717) is 0 Å². The van der Waals surface area contributed by atoms with E-state index in [-0.39, 0.29) is 5.60 Å². The molecule has 3 nitrogen and oxygen atoms in total. The molecule has 0 amide bonds. The Bertz CT molecular complexity index is 357. The van der Waals surface area contributed by atoms with Crippen LogP contribution in [0.15, 0.2) is 18.2 Å². The molecule has 0 saturated heterocycles. The molecule has 0 atom stereocenters. The second-order valence-corrected chi connectivity index (χ2v) is 4.07. The monoisotopic (exact) mass is 190 g/mol. The van der Waals surface area contributed by atoms with E-state index in [0.717, 1.165) is 23.7 Å². The Labute approximate surface area is 83.5 Å². The van der Waals surface area contributed by atoms with Crippen molar-refractivity contribution in [3.63, 3.8) is 0 Å². The van der Waals surface area contributed by atoms with E-state index in [2.05, 4.69) is 16.7 Å². The van der Waals surface area contributed by atoms with Crippen molar-refractivity contribution in [3.05, 3.63) is 18.2 Å². The minimum atomic E-state index is 0.111. The average Bonchev–Trinajstić information content (AvgIpc) is 2.97. The Morgan fingerprint density at radius 3 is 3.00 bits per heavy atom. The largest absolute Gasteiger partial charge is 0.481 e. The molecule has 1 spiro atoms. The smallest absolute Gasteiger partial charge is 0.166 e. The molecule has 0 unspecified atom stereocenters. The Kier molecular flexibility index (Phi) is 1.46. The van der Waals surface area contributed by atoms with E-state index >= 15 is 0 Å². The number of ether oxygens (including phenoxy) is 1. The van der Waals surface area contributed by atoms with Gasteiger partial charge in [-0.1, -0.05) is 6.07 Å². The van der Waals surface area contributed by atoms with Crippen LogP contribution in [0.5, 0.6) is 5.75 Å². The fraction of sp³-hybridized carbons (Fsp3) is 0.455. The van der Waals surface area contributed by atoms with E-state index in [1.54, 1.807) is 0 Å². The van der Waals surface area contributed by atoms with Crippen molar-refractivity contribution < 1.29 is 4.74 Å². The van der Waals surface area contributed by atoms with Gasteiger partial charge in [0.15, 0.2) is 5.75 Å². The van der Waals surface area contributed by atoms with Gasteiger partial charge in [-0.05, 0) is 25.0 Å². The van der Waals surface area contributed by atoms with Gasteiger partial charge in [-0.2, -0.15) is 0 Å². The van der Waals surface area contributed by atoms with Crippen LogP contribution in [0.25, 0.3) is 0 Å². The predicted octanol–water partition coefficient (Wildman–Crippen LogP) is 2.07. The molecule has 0 aromatic heterocycles. The van der Waals surface area contributed by atoms with Crippen molar-refractivity contribution in [1.82, 2.24) is 0 Å². The first-order valence-electron chi connectivity index (χ1n) is 5.07. The molecule has 2 aliphatic rings. The average molecular weight is 190 g/mol. The van der Waals surface area contributed by atoms with Crippen molar-refractivity contribution in [2.75, 3.05) is 24.2 Å². The molecule has 0 radical (unpaired) electrons. The molecule has 2 N–H and O–H groups in total. The van der Waals surface area contributed by atoms with Crippen molar-refractivity contribution in [2.24, 2.45) is 0 Å². The Morgan fingerprint density at radius 2 is 2.29 bits per heavy atom. The van der Waals surface area contributed by atoms with E-state index in [1.807, 2.05) is 19.2 Å². The van der Waals surface area contributed by atoms with Crippen LogP contribution in [-0.2, 0) is 0 Å². The molecule has 74 valence electrons. The van der Waals surface area contributed by atoms with Crippen molar-refractivity contribution in [2.45, 2.75) is 18.4 Å². The van der Waals surface area contributed by atoms with Gasteiger partial charge in [0.25, 0.3) is 0 Å². The van der Waals surface area contributed by atoms with Crippen LogP contribution in [0.1, 0.15) is 12.8 Å². The number of fused-ring (bicyclic) bond motifs is 1. The van der Waals surface area contributed by atoms with Crippen LogP contribution < -0.4 is 15.4 Å². The second-order valence-electron chi connectivity index (χ2n) is 4.07. The van der Waals surface area contributed by atoms with Crippen molar-refractivity contribution in [1.29, 1.82) is 0 Å². The van der Waals surface area contributed by atoms with E-state index in [4.69, 9.17) is 4.74 Å². The molecule has 1 aliphatic carbocycles. The van der Waals surface area contributed by atoms with Gasteiger partial charge in [-0.3, -0.25) is 0 Å². The lowest BCUT2D eigenvalue weighted by Gasteiger charge is -2.28. The fourth-order valence-electron chi connectivity index (χ4n) is 1.91. The summed E-state index contributed by atoms with van der Waals surface area (Å²) in [6.07, 6.45) is 2.36. The third-order valence-corrected chi connectivity index (χ3v) is 3.01. The van der Waals surface area contributed by atoms with Crippen molar-refractivity contribution in [3.8, 4) is 5.75 Å². The summed E-state index contributed by atoms with van der Waals surface area (Å²) in [4.78, 5) is 0. The molecule has 1 aromatic rings. The maximum Gasteiger partial charge on any atom is 0.166 e. The van der Waals surface area contributed by atoms with Gasteiger partial charge in [-0.15, -0.1) is 0 Å². The normalized spacial score (nSPS) is 20.6. The quantitative estimate of drug-likeness (QED) is 0.711. The summed E-state index contributed by atoms with van der Waals surface area (Å²) in [5.41, 5.74) is 2.29. The Morgan fingerprint density at radius 1 is 1.43 bits per heavy atom. The highest BCUT2D eigenvalue weighted by Gasteiger charge is 2.48. The van der Waals surface area contributed by atoms with Gasteiger partial charge in [0.2, 0.25) is 0 Å². The van der Waals surface area contributed by atoms with Gasteiger partial charge in [0.1, 0.15) is 5.60 Å². The molecule has 14 heavy (non-hydrogen) atoms. The summed E-state index contributed by atoms with van der Waals surface area (Å²) < 4.78 is 6.03. The van der Waals surface area contributed by atoms with Crippen LogP contribution in [0, 0.1) is 0 Å². The number of hydrogen-bond donors (Lipinski definition) is 2. The highest BCUT2D eigenvalue weighted by atomic mass is 16.5. The minimum Gasteiger partial charge on any atom is -0.481 e. The molecular weight excluding hydrogens is 176 g/mol. The van der Waals surface area contributed by atoms with E-state index in [1.165, 1.54) is 12.8 Å². The molecular formula is C11H14N2O. The number of benzene rings is 1. The lowest BCUT2D eigenvalue weighted by molar-refractivity contribution is 0.185. The fourth-order valence-corrected chi connectivity index (χ4v) is 1.91.